The lowest BCUT2D eigenvalue weighted by atomic mass is 10.1. The summed E-state index contributed by atoms with van der Waals surface area (Å²) < 4.78 is 18.9. The minimum Gasteiger partial charge on any atom is -0.496 e. The first-order chi connectivity index (χ1) is 12.5. The Morgan fingerprint density at radius 2 is 1.96 bits per heavy atom. The normalized spacial score (nSPS) is 10.5. The molecule has 26 heavy (non-hydrogen) atoms. The maximum Gasteiger partial charge on any atom is 0.257 e. The van der Waals surface area contributed by atoms with Crippen molar-refractivity contribution in [1.82, 2.24) is 4.98 Å². The van der Waals surface area contributed by atoms with Gasteiger partial charge in [-0.15, -0.1) is 0 Å². The fourth-order valence-corrected chi connectivity index (χ4v) is 2.61. The summed E-state index contributed by atoms with van der Waals surface area (Å²) in [6.07, 6.45) is 1.45. The predicted octanol–water partition coefficient (Wildman–Crippen LogP) is 5.11. The van der Waals surface area contributed by atoms with E-state index in [0.717, 1.165) is 5.56 Å². The molecule has 0 unspecified atom stereocenters. The third kappa shape index (κ3) is 3.83. The molecular formula is C20H16ClFN2O2. The summed E-state index contributed by atoms with van der Waals surface area (Å²) in [5.41, 5.74) is 2.62. The van der Waals surface area contributed by atoms with Gasteiger partial charge in [0.05, 0.1) is 18.4 Å². The summed E-state index contributed by atoms with van der Waals surface area (Å²) in [5, 5.41) is 3.21. The van der Waals surface area contributed by atoms with Crippen LogP contribution in [0.15, 0.2) is 54.7 Å². The Hall–Kier alpha value is -2.92. The van der Waals surface area contributed by atoms with E-state index in [-0.39, 0.29) is 11.7 Å². The van der Waals surface area contributed by atoms with Crippen molar-refractivity contribution in [2.75, 3.05) is 12.4 Å². The number of ether oxygens (including phenoxy) is 1. The number of hydrogen-bond acceptors (Lipinski definition) is 3. The van der Waals surface area contributed by atoms with E-state index in [4.69, 9.17) is 16.3 Å². The van der Waals surface area contributed by atoms with E-state index < -0.39 is 0 Å². The topological polar surface area (TPSA) is 51.2 Å². The molecule has 3 rings (SSSR count). The molecule has 0 atom stereocenters. The molecule has 0 saturated carbocycles. The second-order valence-corrected chi connectivity index (χ2v) is 6.13. The van der Waals surface area contributed by atoms with Crippen LogP contribution in [-0.4, -0.2) is 18.0 Å². The van der Waals surface area contributed by atoms with Gasteiger partial charge >= 0.3 is 0 Å². The first-order valence-corrected chi connectivity index (χ1v) is 8.23. The van der Waals surface area contributed by atoms with Crippen molar-refractivity contribution < 1.29 is 13.9 Å². The lowest BCUT2D eigenvalue weighted by molar-refractivity contribution is 0.102. The van der Waals surface area contributed by atoms with Gasteiger partial charge in [-0.3, -0.25) is 9.78 Å². The van der Waals surface area contributed by atoms with Crippen LogP contribution in [0.1, 0.15) is 15.9 Å². The number of aromatic nitrogens is 1. The highest BCUT2D eigenvalue weighted by Gasteiger charge is 2.11. The number of amides is 1. The van der Waals surface area contributed by atoms with E-state index in [1.54, 1.807) is 56.5 Å². The van der Waals surface area contributed by atoms with Crippen LogP contribution >= 0.6 is 11.6 Å². The number of benzene rings is 2. The number of anilines is 1. The maximum absolute atomic E-state index is 13.6. The number of aryl methyl sites for hydroxylation is 1. The van der Waals surface area contributed by atoms with Crippen LogP contribution in [-0.2, 0) is 0 Å². The molecule has 6 heteroatoms. The summed E-state index contributed by atoms with van der Waals surface area (Å²) in [4.78, 5) is 16.6. The Balaban J connectivity index is 1.82. The van der Waals surface area contributed by atoms with Crippen LogP contribution in [0.5, 0.6) is 5.75 Å². The van der Waals surface area contributed by atoms with Crippen molar-refractivity contribution in [3.05, 3.63) is 76.7 Å². The average molecular weight is 371 g/mol. The van der Waals surface area contributed by atoms with Crippen molar-refractivity contribution in [2.45, 2.75) is 6.92 Å². The number of pyridine rings is 1. The van der Waals surface area contributed by atoms with Gasteiger partial charge in [-0.1, -0.05) is 17.7 Å². The monoisotopic (exact) mass is 370 g/mol. The lowest BCUT2D eigenvalue weighted by Crippen LogP contribution is -2.12. The molecular weight excluding hydrogens is 355 g/mol. The molecule has 0 bridgehead atoms. The second-order valence-electron chi connectivity index (χ2n) is 5.69. The van der Waals surface area contributed by atoms with Crippen LogP contribution in [0.4, 0.5) is 10.1 Å². The van der Waals surface area contributed by atoms with Gasteiger partial charge in [0.25, 0.3) is 5.91 Å². The number of carbonyl (C=O) groups excluding carboxylic acids is 1. The zero-order valence-corrected chi connectivity index (χ0v) is 15.0. The van der Waals surface area contributed by atoms with E-state index in [2.05, 4.69) is 10.3 Å². The van der Waals surface area contributed by atoms with E-state index >= 15 is 0 Å². The Kier molecular flexibility index (Phi) is 5.19. The van der Waals surface area contributed by atoms with Gasteiger partial charge in [0.1, 0.15) is 11.6 Å². The van der Waals surface area contributed by atoms with Gasteiger partial charge in [0, 0.05) is 22.5 Å². The van der Waals surface area contributed by atoms with Crippen LogP contribution in [0.25, 0.3) is 11.3 Å². The van der Waals surface area contributed by atoms with Crippen molar-refractivity contribution >= 4 is 23.2 Å². The van der Waals surface area contributed by atoms with Crippen molar-refractivity contribution in [3.63, 3.8) is 0 Å². The van der Waals surface area contributed by atoms with Gasteiger partial charge in [-0.25, -0.2) is 4.39 Å². The number of hydrogen-bond donors (Lipinski definition) is 1. The largest absolute Gasteiger partial charge is 0.496 e. The van der Waals surface area contributed by atoms with Crippen LogP contribution < -0.4 is 10.1 Å². The molecule has 0 aliphatic rings. The minimum atomic E-state index is -0.371. The zero-order chi connectivity index (χ0) is 18.7. The number of halogens is 2. The van der Waals surface area contributed by atoms with Crippen molar-refractivity contribution in [3.8, 4) is 17.0 Å². The Bertz CT molecular complexity index is 959. The standard InChI is InChI=1S/C20H16ClFN2O2/c1-12-3-6-15(10-17(12)22)24-20(25)13-4-7-18(23-11-13)16-9-14(21)5-8-19(16)26-2/h3-11H,1-2H3,(H,24,25). The molecule has 132 valence electrons. The van der Waals surface area contributed by atoms with E-state index in [1.807, 2.05) is 0 Å². The summed E-state index contributed by atoms with van der Waals surface area (Å²) in [6, 6.07) is 13.1. The van der Waals surface area contributed by atoms with Crippen molar-refractivity contribution in [2.24, 2.45) is 0 Å². The maximum atomic E-state index is 13.6. The minimum absolute atomic E-state index is 0.357. The molecule has 0 spiro atoms. The highest BCUT2D eigenvalue weighted by atomic mass is 35.5. The van der Waals surface area contributed by atoms with Crippen LogP contribution in [0.2, 0.25) is 5.02 Å². The lowest BCUT2D eigenvalue weighted by Gasteiger charge is -2.10. The van der Waals surface area contributed by atoms with E-state index in [9.17, 15) is 9.18 Å². The number of carbonyl (C=O) groups is 1. The summed E-state index contributed by atoms with van der Waals surface area (Å²) in [5.74, 6) is -0.107. The number of nitrogens with one attached hydrogen (secondary N) is 1. The molecule has 0 radical (unpaired) electrons. The molecule has 0 saturated heterocycles. The van der Waals surface area contributed by atoms with Gasteiger partial charge in [0.15, 0.2) is 0 Å². The quantitative estimate of drug-likeness (QED) is 0.694. The fraction of sp³-hybridized carbons (Fsp3) is 0.100. The summed E-state index contributed by atoms with van der Waals surface area (Å²) in [6.45, 7) is 1.66. The molecule has 1 aromatic heterocycles. The predicted molar refractivity (Wildman–Crippen MR) is 100 cm³/mol. The molecule has 0 aliphatic heterocycles. The highest BCUT2D eigenvalue weighted by molar-refractivity contribution is 6.31. The Morgan fingerprint density at radius 1 is 1.15 bits per heavy atom. The van der Waals surface area contributed by atoms with Crippen molar-refractivity contribution in [1.29, 1.82) is 0 Å². The molecule has 3 aromatic rings. The third-order valence-corrected chi connectivity index (χ3v) is 4.13. The second kappa shape index (κ2) is 7.54. The van der Waals surface area contributed by atoms with Crippen LogP contribution in [0.3, 0.4) is 0 Å². The number of methoxy groups -OCH3 is 1. The third-order valence-electron chi connectivity index (χ3n) is 3.89. The molecule has 1 N–H and O–H groups in total. The molecule has 0 aliphatic carbocycles. The molecule has 0 fully saturated rings. The first-order valence-electron chi connectivity index (χ1n) is 7.85. The van der Waals surface area contributed by atoms with Gasteiger partial charge in [-0.2, -0.15) is 0 Å². The Morgan fingerprint density at radius 3 is 2.62 bits per heavy atom. The fourth-order valence-electron chi connectivity index (χ4n) is 2.44. The van der Waals surface area contributed by atoms with Gasteiger partial charge < -0.3 is 10.1 Å². The van der Waals surface area contributed by atoms with E-state index in [0.29, 0.717) is 33.3 Å². The summed E-state index contributed by atoms with van der Waals surface area (Å²) in [7, 11) is 1.56. The van der Waals surface area contributed by atoms with Crippen LogP contribution in [0, 0.1) is 12.7 Å². The zero-order valence-electron chi connectivity index (χ0n) is 14.2. The number of rotatable bonds is 4. The smallest absolute Gasteiger partial charge is 0.257 e. The molecule has 1 heterocycles. The van der Waals surface area contributed by atoms with E-state index in [1.165, 1.54) is 12.3 Å². The molecule has 1 amide bonds. The highest BCUT2D eigenvalue weighted by Crippen LogP contribution is 2.31. The Labute approximate surface area is 155 Å². The number of nitrogens with zero attached hydrogens (tertiary/aromatic N) is 1. The molecule has 4 nitrogen and oxygen atoms in total. The molecule has 2 aromatic carbocycles. The van der Waals surface area contributed by atoms with Gasteiger partial charge in [-0.05, 0) is 55.0 Å². The summed E-state index contributed by atoms with van der Waals surface area (Å²) >= 11 is 6.04. The van der Waals surface area contributed by atoms with Gasteiger partial charge in [0.2, 0.25) is 0 Å². The first kappa shape index (κ1) is 17.9. The average Bonchev–Trinajstić information content (AvgIpc) is 2.65. The SMILES string of the molecule is COc1ccc(Cl)cc1-c1ccc(C(=O)Nc2ccc(C)c(F)c2)cn1.